The molecule has 9 heteroatoms. The number of hydrogen-bond donors (Lipinski definition) is 2. The molecule has 0 atom stereocenters. The van der Waals surface area contributed by atoms with Crippen LogP contribution in [-0.4, -0.2) is 38.8 Å². The zero-order valence-electron chi connectivity index (χ0n) is 18.5. The van der Waals surface area contributed by atoms with Gasteiger partial charge < -0.3 is 9.84 Å². The number of nitrogens with zero attached hydrogens (tertiary/aromatic N) is 2. The van der Waals surface area contributed by atoms with E-state index in [1.807, 2.05) is 6.92 Å². The molecule has 0 aromatic heterocycles. The summed E-state index contributed by atoms with van der Waals surface area (Å²) in [6.45, 7) is 3.02. The number of carbonyl (C=O) groups excluding carboxylic acids is 1. The molecule has 0 fully saturated rings. The van der Waals surface area contributed by atoms with Crippen LogP contribution in [0.1, 0.15) is 18.1 Å². The maximum atomic E-state index is 13.4. The van der Waals surface area contributed by atoms with E-state index in [1.165, 1.54) is 25.3 Å². The second kappa shape index (κ2) is 10.2. The Morgan fingerprint density at radius 3 is 2.27 bits per heavy atom. The van der Waals surface area contributed by atoms with E-state index >= 15 is 0 Å². The highest BCUT2D eigenvalue weighted by Crippen LogP contribution is 2.25. The van der Waals surface area contributed by atoms with Crippen LogP contribution in [0.3, 0.4) is 0 Å². The quantitative estimate of drug-likeness (QED) is 0.390. The summed E-state index contributed by atoms with van der Waals surface area (Å²) in [5, 5.41) is 14.0. The summed E-state index contributed by atoms with van der Waals surface area (Å²) >= 11 is 0. The first kappa shape index (κ1) is 23.8. The summed E-state index contributed by atoms with van der Waals surface area (Å²) in [6, 6.07) is 19.3. The van der Waals surface area contributed by atoms with Gasteiger partial charge in [0.2, 0.25) is 0 Å². The summed E-state index contributed by atoms with van der Waals surface area (Å²) in [6.07, 6.45) is 0. The fourth-order valence-corrected chi connectivity index (χ4v) is 4.47. The normalized spacial score (nSPS) is 11.7. The molecule has 0 aliphatic heterocycles. The van der Waals surface area contributed by atoms with Crippen molar-refractivity contribution in [3.05, 3.63) is 83.9 Å². The van der Waals surface area contributed by atoms with E-state index in [9.17, 15) is 18.3 Å². The molecule has 0 bridgehead atoms. The van der Waals surface area contributed by atoms with Crippen LogP contribution in [0.5, 0.6) is 11.5 Å². The van der Waals surface area contributed by atoms with E-state index in [-0.39, 0.29) is 10.6 Å². The van der Waals surface area contributed by atoms with Crippen LogP contribution < -0.4 is 14.5 Å². The van der Waals surface area contributed by atoms with E-state index in [0.717, 1.165) is 9.87 Å². The minimum absolute atomic E-state index is 0.0190. The van der Waals surface area contributed by atoms with Gasteiger partial charge in [-0.05, 0) is 62.4 Å². The van der Waals surface area contributed by atoms with Crippen LogP contribution in [0, 0.1) is 6.92 Å². The standard InChI is InChI=1S/C24H25N3O5S/c1-17-8-10-19(11-9-17)27(33(30,31)21-14-12-20(32-3)13-15-21)16-24(29)26-25-18(2)22-6-4-5-7-23(22)28/h4-15,28H,16H2,1-3H3,(H,26,29)/b25-18-. The van der Waals surface area contributed by atoms with Crippen molar-refractivity contribution in [2.45, 2.75) is 18.7 Å². The zero-order chi connectivity index (χ0) is 24.0. The molecule has 0 saturated carbocycles. The van der Waals surface area contributed by atoms with Crippen molar-refractivity contribution in [1.82, 2.24) is 5.43 Å². The molecule has 2 N–H and O–H groups in total. The highest BCUT2D eigenvalue weighted by Gasteiger charge is 2.27. The fraction of sp³-hybridized carbons (Fsp3) is 0.167. The Morgan fingerprint density at radius 1 is 1.03 bits per heavy atom. The number of phenolic OH excluding ortho intramolecular Hbond substituents is 1. The number of carbonyl (C=O) groups is 1. The third-order valence-electron chi connectivity index (χ3n) is 4.90. The monoisotopic (exact) mass is 467 g/mol. The largest absolute Gasteiger partial charge is 0.507 e. The summed E-state index contributed by atoms with van der Waals surface area (Å²) < 4.78 is 32.9. The van der Waals surface area contributed by atoms with Crippen LogP contribution in [0.25, 0.3) is 0 Å². The van der Waals surface area contributed by atoms with Gasteiger partial charge in [0.25, 0.3) is 15.9 Å². The Bertz CT molecular complexity index is 1250. The fourth-order valence-electron chi connectivity index (χ4n) is 3.05. The highest BCUT2D eigenvalue weighted by molar-refractivity contribution is 7.92. The molecule has 0 heterocycles. The van der Waals surface area contributed by atoms with Gasteiger partial charge in [0.05, 0.1) is 23.4 Å². The third-order valence-corrected chi connectivity index (χ3v) is 6.69. The van der Waals surface area contributed by atoms with E-state index in [4.69, 9.17) is 4.74 Å². The smallest absolute Gasteiger partial charge is 0.264 e. The molecule has 0 radical (unpaired) electrons. The average molecular weight is 468 g/mol. The molecule has 0 aliphatic carbocycles. The molecule has 0 unspecified atom stereocenters. The summed E-state index contributed by atoms with van der Waals surface area (Å²) in [4.78, 5) is 12.7. The number of nitrogens with one attached hydrogen (secondary N) is 1. The van der Waals surface area contributed by atoms with Gasteiger partial charge in [-0.2, -0.15) is 5.10 Å². The number of sulfonamides is 1. The number of ether oxygens (including phenoxy) is 1. The number of aromatic hydroxyl groups is 1. The molecule has 3 rings (SSSR count). The number of phenols is 1. The molecule has 8 nitrogen and oxygen atoms in total. The van der Waals surface area contributed by atoms with Crippen molar-refractivity contribution in [2.75, 3.05) is 18.0 Å². The number of anilines is 1. The van der Waals surface area contributed by atoms with E-state index in [2.05, 4.69) is 10.5 Å². The van der Waals surface area contributed by atoms with Gasteiger partial charge >= 0.3 is 0 Å². The van der Waals surface area contributed by atoms with E-state index in [1.54, 1.807) is 61.5 Å². The lowest BCUT2D eigenvalue weighted by Crippen LogP contribution is -2.39. The van der Waals surface area contributed by atoms with Gasteiger partial charge in [0.15, 0.2) is 0 Å². The van der Waals surface area contributed by atoms with Gasteiger partial charge in [-0.25, -0.2) is 13.8 Å². The number of amides is 1. The van der Waals surface area contributed by atoms with Crippen LogP contribution in [-0.2, 0) is 14.8 Å². The Morgan fingerprint density at radius 2 is 1.67 bits per heavy atom. The molecule has 33 heavy (non-hydrogen) atoms. The van der Waals surface area contributed by atoms with E-state index < -0.39 is 22.5 Å². The zero-order valence-corrected chi connectivity index (χ0v) is 19.3. The molecular weight excluding hydrogens is 442 g/mol. The van der Waals surface area contributed by atoms with Crippen LogP contribution in [0.2, 0.25) is 0 Å². The highest BCUT2D eigenvalue weighted by atomic mass is 32.2. The van der Waals surface area contributed by atoms with Crippen LogP contribution in [0.15, 0.2) is 82.8 Å². The molecule has 3 aromatic rings. The van der Waals surface area contributed by atoms with Gasteiger partial charge in [-0.3, -0.25) is 9.10 Å². The average Bonchev–Trinajstić information content (AvgIpc) is 2.82. The third kappa shape index (κ3) is 5.69. The minimum atomic E-state index is -4.06. The predicted octanol–water partition coefficient (Wildman–Crippen LogP) is 3.44. The lowest BCUT2D eigenvalue weighted by molar-refractivity contribution is -0.119. The van der Waals surface area contributed by atoms with Crippen molar-refractivity contribution < 1.29 is 23.1 Å². The molecule has 172 valence electrons. The first-order valence-corrected chi connectivity index (χ1v) is 11.5. The number of para-hydroxylation sites is 1. The van der Waals surface area contributed by atoms with Gasteiger partial charge in [-0.15, -0.1) is 0 Å². The first-order chi connectivity index (χ1) is 15.7. The first-order valence-electron chi connectivity index (χ1n) is 10.1. The van der Waals surface area contributed by atoms with Gasteiger partial charge in [0.1, 0.15) is 18.0 Å². The predicted molar refractivity (Wildman–Crippen MR) is 127 cm³/mol. The second-order valence-corrected chi connectivity index (χ2v) is 9.13. The SMILES string of the molecule is COc1ccc(S(=O)(=O)N(CC(=O)N/N=C(/C)c2ccccc2O)c2ccc(C)cc2)cc1. The molecule has 3 aromatic carbocycles. The van der Waals surface area contributed by atoms with Crippen LogP contribution in [0.4, 0.5) is 5.69 Å². The molecular formula is C24H25N3O5S. The van der Waals surface area contributed by atoms with Crippen molar-refractivity contribution in [3.8, 4) is 11.5 Å². The minimum Gasteiger partial charge on any atom is -0.507 e. The molecule has 0 saturated heterocycles. The summed E-state index contributed by atoms with van der Waals surface area (Å²) in [5.74, 6) is -0.0960. The molecule has 1 amide bonds. The van der Waals surface area contributed by atoms with Crippen molar-refractivity contribution in [3.63, 3.8) is 0 Å². The number of hydrazone groups is 1. The van der Waals surface area contributed by atoms with Gasteiger partial charge in [0, 0.05) is 5.56 Å². The van der Waals surface area contributed by atoms with Crippen LogP contribution >= 0.6 is 0 Å². The number of rotatable bonds is 8. The maximum absolute atomic E-state index is 13.4. The number of benzene rings is 3. The van der Waals surface area contributed by atoms with Crippen molar-refractivity contribution >= 4 is 27.3 Å². The Labute approximate surface area is 193 Å². The number of methoxy groups -OCH3 is 1. The van der Waals surface area contributed by atoms with E-state index in [0.29, 0.717) is 22.7 Å². The number of hydrogen-bond acceptors (Lipinski definition) is 6. The lowest BCUT2D eigenvalue weighted by atomic mass is 10.1. The molecule has 0 spiro atoms. The summed E-state index contributed by atoms with van der Waals surface area (Å²) in [7, 11) is -2.57. The Hall–Kier alpha value is -3.85. The second-order valence-electron chi connectivity index (χ2n) is 7.27. The van der Waals surface area contributed by atoms with Crippen molar-refractivity contribution in [2.24, 2.45) is 5.10 Å². The lowest BCUT2D eigenvalue weighted by Gasteiger charge is -2.24. The Kier molecular flexibility index (Phi) is 7.34. The summed E-state index contributed by atoms with van der Waals surface area (Å²) in [5.41, 5.74) is 4.50. The van der Waals surface area contributed by atoms with Gasteiger partial charge in [-0.1, -0.05) is 29.8 Å². The molecule has 0 aliphatic rings. The number of aryl methyl sites for hydroxylation is 1. The van der Waals surface area contributed by atoms with Crippen molar-refractivity contribution in [1.29, 1.82) is 0 Å². The Balaban J connectivity index is 1.88. The maximum Gasteiger partial charge on any atom is 0.264 e. The topological polar surface area (TPSA) is 108 Å².